The number of halogens is 1. The first-order valence-electron chi connectivity index (χ1n) is 3.20. The molecule has 0 aromatic carbocycles. The van der Waals surface area contributed by atoms with E-state index < -0.39 is 22.1 Å². The molecule has 2 atom stereocenters. The predicted molar refractivity (Wildman–Crippen MR) is 34.1 cm³/mol. The van der Waals surface area contributed by atoms with Crippen LogP contribution >= 0.6 is 11.9 Å². The van der Waals surface area contributed by atoms with Gasteiger partial charge in [0.05, 0.1) is 0 Å². The molecule has 50 valence electrons. The Hall–Kier alpha value is 1.34. The van der Waals surface area contributed by atoms with Gasteiger partial charge in [-0.1, -0.05) is 0 Å². The number of hydrogen-bond acceptors (Lipinski definition) is 2. The summed E-state index contributed by atoms with van der Waals surface area (Å²) in [5.74, 6) is 0. The number of aliphatic hydroxyl groups excluding tert-OH is 1. The maximum atomic E-state index is 9.21. The van der Waals surface area contributed by atoms with E-state index in [1.165, 1.54) is 0 Å². The van der Waals surface area contributed by atoms with Gasteiger partial charge in [-0.05, 0) is 0 Å². The second-order valence-corrected chi connectivity index (χ2v) is 12.9. The van der Waals surface area contributed by atoms with Crippen LogP contribution in [0.1, 0.15) is 6.42 Å². The Balaban J connectivity index is 2.22. The quantitative estimate of drug-likeness (QED) is 0.722. The fourth-order valence-electron chi connectivity index (χ4n) is 1.02. The van der Waals surface area contributed by atoms with Gasteiger partial charge in [0.25, 0.3) is 0 Å². The van der Waals surface area contributed by atoms with Gasteiger partial charge in [0.2, 0.25) is 0 Å². The zero-order valence-electron chi connectivity index (χ0n) is 5.22. The van der Waals surface area contributed by atoms with E-state index in [9.17, 15) is 5.11 Å². The molecular formula is C5H9BrHgO2. The maximum absolute atomic E-state index is 9.21. The zero-order valence-corrected chi connectivity index (χ0v) is 12.3. The summed E-state index contributed by atoms with van der Waals surface area (Å²) in [5.41, 5.74) is 0. The molecule has 1 saturated heterocycles. The van der Waals surface area contributed by atoms with Crippen LogP contribution in [0.3, 0.4) is 0 Å². The second kappa shape index (κ2) is 4.26. The number of aliphatic hydroxyl groups is 1. The van der Waals surface area contributed by atoms with Gasteiger partial charge in [-0.3, -0.25) is 0 Å². The second-order valence-electron chi connectivity index (χ2n) is 2.24. The third-order valence-corrected chi connectivity index (χ3v) is 8.65. The summed E-state index contributed by atoms with van der Waals surface area (Å²) >= 11 is 2.78. The molecule has 0 radical (unpaired) electrons. The summed E-state index contributed by atoms with van der Waals surface area (Å²) in [5, 5.41) is 9.21. The van der Waals surface area contributed by atoms with Gasteiger partial charge < -0.3 is 0 Å². The van der Waals surface area contributed by atoms with Crippen molar-refractivity contribution in [2.24, 2.45) is 0 Å². The molecule has 0 aromatic rings. The molecule has 1 rings (SSSR count). The van der Waals surface area contributed by atoms with Crippen molar-refractivity contribution in [3.05, 3.63) is 0 Å². The molecule has 0 unspecified atom stereocenters. The Bertz CT molecular complexity index is 91.0. The molecule has 0 aromatic heterocycles. The predicted octanol–water partition coefficient (Wildman–Crippen LogP) is 0.947. The van der Waals surface area contributed by atoms with E-state index in [0.29, 0.717) is 0 Å². The van der Waals surface area contributed by atoms with Crippen LogP contribution in [0.2, 0.25) is 3.93 Å². The molecule has 0 amide bonds. The number of ether oxygens (including phenoxy) is 1. The van der Waals surface area contributed by atoms with Gasteiger partial charge in [0.1, 0.15) is 0 Å². The van der Waals surface area contributed by atoms with Crippen LogP contribution in [0.5, 0.6) is 0 Å². The van der Waals surface area contributed by atoms with Crippen LogP contribution in [0.4, 0.5) is 0 Å². The Morgan fingerprint density at radius 3 is 3.00 bits per heavy atom. The zero-order chi connectivity index (χ0) is 6.69. The van der Waals surface area contributed by atoms with Crippen molar-refractivity contribution in [1.82, 2.24) is 0 Å². The summed E-state index contributed by atoms with van der Waals surface area (Å²) < 4.78 is 6.42. The van der Waals surface area contributed by atoms with E-state index in [0.717, 1.165) is 17.0 Å². The SMILES string of the molecule is O[C@H]1CCO[C@H]1[CH2][Hg][Br]. The van der Waals surface area contributed by atoms with E-state index >= 15 is 0 Å². The molecule has 9 heavy (non-hydrogen) atoms. The van der Waals surface area contributed by atoms with Crippen molar-refractivity contribution in [2.75, 3.05) is 6.61 Å². The molecule has 2 nitrogen and oxygen atoms in total. The molecular weight excluding hydrogens is 373 g/mol. The van der Waals surface area contributed by atoms with Gasteiger partial charge in [-0.25, -0.2) is 0 Å². The summed E-state index contributed by atoms with van der Waals surface area (Å²) in [6, 6.07) is 0. The fourth-order valence-corrected chi connectivity index (χ4v) is 7.96. The van der Waals surface area contributed by atoms with Crippen molar-refractivity contribution in [3.8, 4) is 0 Å². The van der Waals surface area contributed by atoms with Crippen molar-refractivity contribution < 1.29 is 32.0 Å². The number of rotatable bonds is 2. The Kier molecular flexibility index (Phi) is 3.99. The summed E-state index contributed by atoms with van der Waals surface area (Å²) in [7, 11) is 0. The Labute approximate surface area is 72.7 Å². The van der Waals surface area contributed by atoms with Crippen LogP contribution in [-0.2, 0) is 26.9 Å². The average Bonchev–Trinajstić information content (AvgIpc) is 2.18. The third-order valence-electron chi connectivity index (χ3n) is 1.57. The van der Waals surface area contributed by atoms with Crippen molar-refractivity contribution >= 4 is 11.9 Å². The minimum atomic E-state index is -0.738. The van der Waals surface area contributed by atoms with Gasteiger partial charge >= 0.3 is 73.1 Å². The van der Waals surface area contributed by atoms with E-state index in [4.69, 9.17) is 4.74 Å². The van der Waals surface area contributed by atoms with E-state index in [-0.39, 0.29) is 12.2 Å². The normalized spacial score (nSPS) is 34.4. The van der Waals surface area contributed by atoms with Crippen molar-refractivity contribution in [1.29, 1.82) is 0 Å². The molecule has 1 aliphatic rings. The van der Waals surface area contributed by atoms with Crippen LogP contribution < -0.4 is 0 Å². The topological polar surface area (TPSA) is 29.5 Å². The molecule has 1 aliphatic heterocycles. The van der Waals surface area contributed by atoms with Gasteiger partial charge in [0.15, 0.2) is 0 Å². The van der Waals surface area contributed by atoms with Gasteiger partial charge in [0, 0.05) is 0 Å². The van der Waals surface area contributed by atoms with Crippen LogP contribution in [0.25, 0.3) is 0 Å². The molecule has 0 bridgehead atoms. The van der Waals surface area contributed by atoms with Crippen LogP contribution in [0.15, 0.2) is 0 Å². The molecule has 0 aliphatic carbocycles. The molecule has 0 spiro atoms. The molecule has 0 saturated carbocycles. The van der Waals surface area contributed by atoms with Crippen molar-refractivity contribution in [2.45, 2.75) is 22.6 Å². The van der Waals surface area contributed by atoms with Crippen molar-refractivity contribution in [3.63, 3.8) is 0 Å². The molecule has 1 N–H and O–H groups in total. The molecule has 1 fully saturated rings. The monoisotopic (exact) mass is 382 g/mol. The Morgan fingerprint density at radius 1 is 1.78 bits per heavy atom. The van der Waals surface area contributed by atoms with Gasteiger partial charge in [-0.15, -0.1) is 0 Å². The third kappa shape index (κ3) is 2.44. The molecule has 1 heterocycles. The molecule has 4 heteroatoms. The first-order chi connectivity index (χ1) is 4.34. The van der Waals surface area contributed by atoms with Crippen LogP contribution in [-0.4, -0.2) is 23.9 Å². The standard InChI is InChI=1S/C5H9O2.BrH.Hg/c1-4-5(6)2-3-7-4;;/h4-6H,1-3H2;1H;/q;;+1/p-1/t4-,5-;;/m0../s1. The first kappa shape index (κ1) is 8.43. The number of hydrogen-bond donors (Lipinski definition) is 1. The van der Waals surface area contributed by atoms with E-state index in [1.54, 1.807) is 0 Å². The van der Waals surface area contributed by atoms with E-state index in [2.05, 4.69) is 11.9 Å². The summed E-state index contributed by atoms with van der Waals surface area (Å²) in [6.07, 6.45) is 0.861. The minimum absolute atomic E-state index is 0.164. The average molecular weight is 382 g/mol. The van der Waals surface area contributed by atoms with E-state index in [1.807, 2.05) is 0 Å². The fraction of sp³-hybridized carbons (Fsp3) is 1.00. The Morgan fingerprint density at radius 2 is 2.56 bits per heavy atom. The summed E-state index contributed by atoms with van der Waals surface area (Å²) in [4.78, 5) is 0. The van der Waals surface area contributed by atoms with Gasteiger partial charge in [-0.2, -0.15) is 0 Å². The first-order valence-corrected chi connectivity index (χ1v) is 19.0. The van der Waals surface area contributed by atoms with Crippen LogP contribution in [0, 0.1) is 0 Å². The summed E-state index contributed by atoms with van der Waals surface area (Å²) in [6.45, 7) is 0.757.